The van der Waals surface area contributed by atoms with Crippen LogP contribution in [-0.4, -0.2) is 30.9 Å². The maximum absolute atomic E-state index is 13.6. The summed E-state index contributed by atoms with van der Waals surface area (Å²) in [4.78, 5) is 34.0. The Hall–Kier alpha value is -2.65. The van der Waals surface area contributed by atoms with Crippen LogP contribution in [0.3, 0.4) is 0 Å². The minimum absolute atomic E-state index is 0.101. The molecule has 0 aromatic heterocycles. The molecule has 0 aliphatic carbocycles. The molecule has 1 aromatic carbocycles. The average molecular weight is 364 g/mol. The minimum Gasteiger partial charge on any atom is -0.466 e. The van der Waals surface area contributed by atoms with Crippen molar-refractivity contribution in [3.63, 3.8) is 0 Å². The molecule has 2 N–H and O–H groups in total. The van der Waals surface area contributed by atoms with E-state index in [0.717, 1.165) is 12.1 Å². The van der Waals surface area contributed by atoms with Gasteiger partial charge >= 0.3 is 18.2 Å². The summed E-state index contributed by atoms with van der Waals surface area (Å²) in [7, 11) is 0. The number of hydrogen-bond acceptors (Lipinski definition) is 4. The van der Waals surface area contributed by atoms with Gasteiger partial charge in [0.25, 0.3) is 0 Å². The van der Waals surface area contributed by atoms with E-state index in [0.29, 0.717) is 6.07 Å². The van der Waals surface area contributed by atoms with E-state index in [2.05, 4.69) is 10.1 Å². The van der Waals surface area contributed by atoms with Gasteiger partial charge in [0.2, 0.25) is 0 Å². The van der Waals surface area contributed by atoms with Crippen molar-refractivity contribution in [2.24, 2.45) is 0 Å². The lowest BCUT2D eigenvalue weighted by Gasteiger charge is -2.14. The number of urea groups is 1. The average Bonchev–Trinajstić information content (AvgIpc) is 2.50. The highest BCUT2D eigenvalue weighted by Crippen LogP contribution is 2.32. The van der Waals surface area contributed by atoms with Gasteiger partial charge in [0.1, 0.15) is 12.2 Å². The largest absolute Gasteiger partial charge is 0.466 e. The van der Waals surface area contributed by atoms with Gasteiger partial charge in [0.05, 0.1) is 18.7 Å². The Bertz CT molecular complexity index is 647. The van der Waals surface area contributed by atoms with E-state index in [-0.39, 0.29) is 6.61 Å². The van der Waals surface area contributed by atoms with Crippen LogP contribution in [0.2, 0.25) is 0 Å². The third-order valence-electron chi connectivity index (χ3n) is 2.94. The highest BCUT2D eigenvalue weighted by molar-refractivity contribution is 5.97. The maximum Gasteiger partial charge on any atom is 0.416 e. The lowest BCUT2D eigenvalue weighted by molar-refractivity contribution is -0.145. The Kier molecular flexibility index (Phi) is 7.34. The Morgan fingerprint density at radius 2 is 1.84 bits per heavy atom. The lowest BCUT2D eigenvalue weighted by atomic mass is 10.1. The van der Waals surface area contributed by atoms with Gasteiger partial charge in [-0.1, -0.05) is 6.07 Å². The number of amides is 2. The Balaban J connectivity index is 2.55. The van der Waals surface area contributed by atoms with Crippen LogP contribution in [0.15, 0.2) is 18.2 Å². The topological polar surface area (TPSA) is 84.5 Å². The van der Waals surface area contributed by atoms with Crippen molar-refractivity contribution in [1.82, 2.24) is 10.6 Å². The molecule has 1 rings (SSSR count). The summed E-state index contributed by atoms with van der Waals surface area (Å²) in [6.07, 6.45) is -5.31. The number of alkyl halides is 3. The zero-order valence-electron chi connectivity index (χ0n) is 13.2. The number of carbonyl (C=O) groups is 3. The summed E-state index contributed by atoms with van der Waals surface area (Å²) in [5.74, 6) is -2.51. The van der Waals surface area contributed by atoms with Gasteiger partial charge in [-0.2, -0.15) is 13.2 Å². The van der Waals surface area contributed by atoms with Crippen molar-refractivity contribution in [3.8, 4) is 0 Å². The molecule has 0 radical (unpaired) electrons. The van der Waals surface area contributed by atoms with Crippen molar-refractivity contribution < 1.29 is 36.7 Å². The van der Waals surface area contributed by atoms with Crippen LogP contribution in [0.4, 0.5) is 22.4 Å². The highest BCUT2D eigenvalue weighted by atomic mass is 19.4. The van der Waals surface area contributed by atoms with Crippen LogP contribution in [0.1, 0.15) is 24.5 Å². The standard InChI is InChI=1S/C15H16F4N2O4/c1-2-25-13(23)6-9(22)7-20-14(24)21-8-10-11(15(17,18)19)4-3-5-12(10)16/h3-5H,2,6-8H2,1H3,(H2,20,21,24). The number of ether oxygens (including phenoxy) is 1. The number of nitrogens with one attached hydrogen (secondary N) is 2. The predicted molar refractivity (Wildman–Crippen MR) is 77.9 cm³/mol. The fourth-order valence-electron chi connectivity index (χ4n) is 1.85. The number of Topliss-reactive ketones (excluding diaryl/α,β-unsaturated/α-hetero) is 1. The van der Waals surface area contributed by atoms with Gasteiger partial charge in [-0.15, -0.1) is 0 Å². The maximum atomic E-state index is 13.6. The van der Waals surface area contributed by atoms with Crippen LogP contribution in [-0.2, 0) is 27.0 Å². The molecule has 138 valence electrons. The third-order valence-corrected chi connectivity index (χ3v) is 2.94. The Morgan fingerprint density at radius 1 is 1.16 bits per heavy atom. The zero-order chi connectivity index (χ0) is 19.0. The van der Waals surface area contributed by atoms with Gasteiger partial charge in [-0.25, -0.2) is 9.18 Å². The molecule has 2 amide bonds. The Morgan fingerprint density at radius 3 is 2.44 bits per heavy atom. The third kappa shape index (κ3) is 6.77. The molecule has 0 spiro atoms. The van der Waals surface area contributed by atoms with Crippen molar-refractivity contribution >= 4 is 17.8 Å². The number of benzene rings is 1. The van der Waals surface area contributed by atoms with Gasteiger partial charge in [-0.3, -0.25) is 9.59 Å². The molecule has 0 heterocycles. The Labute approximate surface area is 140 Å². The van der Waals surface area contributed by atoms with Gasteiger partial charge in [0, 0.05) is 12.1 Å². The van der Waals surface area contributed by atoms with E-state index in [1.807, 2.05) is 5.32 Å². The molecule has 0 aliphatic rings. The van der Waals surface area contributed by atoms with Crippen LogP contribution in [0.5, 0.6) is 0 Å². The summed E-state index contributed by atoms with van der Waals surface area (Å²) >= 11 is 0. The fraction of sp³-hybridized carbons (Fsp3) is 0.400. The molecule has 25 heavy (non-hydrogen) atoms. The lowest BCUT2D eigenvalue weighted by Crippen LogP contribution is -2.39. The molecule has 0 unspecified atom stereocenters. The number of carbonyl (C=O) groups excluding carboxylic acids is 3. The quantitative estimate of drug-likeness (QED) is 0.441. The van der Waals surface area contributed by atoms with Gasteiger partial charge < -0.3 is 15.4 Å². The smallest absolute Gasteiger partial charge is 0.416 e. The molecular weight excluding hydrogens is 348 g/mol. The predicted octanol–water partition coefficient (Wildman–Crippen LogP) is 2.17. The van der Waals surface area contributed by atoms with Crippen molar-refractivity contribution in [2.45, 2.75) is 26.1 Å². The number of rotatable bonds is 7. The number of ketones is 1. The fourth-order valence-corrected chi connectivity index (χ4v) is 1.85. The summed E-state index contributed by atoms with van der Waals surface area (Å²) in [5, 5.41) is 4.09. The molecule has 10 heteroatoms. The van der Waals surface area contributed by atoms with E-state index >= 15 is 0 Å². The molecule has 0 aliphatic heterocycles. The zero-order valence-corrected chi connectivity index (χ0v) is 13.2. The van der Waals surface area contributed by atoms with Crippen LogP contribution >= 0.6 is 0 Å². The molecule has 0 saturated carbocycles. The first kappa shape index (κ1) is 20.4. The normalized spacial score (nSPS) is 10.9. The highest BCUT2D eigenvalue weighted by Gasteiger charge is 2.34. The number of hydrogen-bond donors (Lipinski definition) is 2. The van der Waals surface area contributed by atoms with E-state index in [1.54, 1.807) is 6.92 Å². The van der Waals surface area contributed by atoms with Gasteiger partial charge in [0.15, 0.2) is 5.78 Å². The first-order valence-corrected chi connectivity index (χ1v) is 7.18. The van der Waals surface area contributed by atoms with Crippen molar-refractivity contribution in [2.75, 3.05) is 13.2 Å². The first-order valence-electron chi connectivity index (χ1n) is 7.18. The number of esters is 1. The summed E-state index contributed by atoms with van der Waals surface area (Å²) in [6.45, 7) is 0.420. The second-order valence-electron chi connectivity index (χ2n) is 4.82. The van der Waals surface area contributed by atoms with Crippen LogP contribution < -0.4 is 10.6 Å². The molecular formula is C15H16F4N2O4. The second-order valence-corrected chi connectivity index (χ2v) is 4.82. The molecule has 6 nitrogen and oxygen atoms in total. The summed E-state index contributed by atoms with van der Waals surface area (Å²) in [6, 6.07) is 1.47. The molecule has 0 fully saturated rings. The summed E-state index contributed by atoms with van der Waals surface area (Å²) in [5.41, 5.74) is -1.92. The van der Waals surface area contributed by atoms with Crippen LogP contribution in [0.25, 0.3) is 0 Å². The minimum atomic E-state index is -4.77. The van der Waals surface area contributed by atoms with E-state index < -0.39 is 60.4 Å². The first-order chi connectivity index (χ1) is 11.6. The van der Waals surface area contributed by atoms with Gasteiger partial charge in [-0.05, 0) is 19.1 Å². The molecule has 1 aromatic rings. The summed E-state index contributed by atoms with van der Waals surface area (Å²) < 4.78 is 56.6. The van der Waals surface area contributed by atoms with E-state index in [9.17, 15) is 31.9 Å². The van der Waals surface area contributed by atoms with E-state index in [1.165, 1.54) is 0 Å². The number of halogens is 4. The molecule has 0 saturated heterocycles. The second kappa shape index (κ2) is 9.00. The SMILES string of the molecule is CCOC(=O)CC(=O)CNC(=O)NCc1c(F)cccc1C(F)(F)F. The molecule has 0 atom stereocenters. The van der Waals surface area contributed by atoms with Crippen LogP contribution in [0, 0.1) is 5.82 Å². The van der Waals surface area contributed by atoms with E-state index in [4.69, 9.17) is 0 Å². The molecule has 0 bridgehead atoms. The van der Waals surface area contributed by atoms with Crippen molar-refractivity contribution in [1.29, 1.82) is 0 Å². The van der Waals surface area contributed by atoms with Crippen molar-refractivity contribution in [3.05, 3.63) is 35.1 Å². The monoisotopic (exact) mass is 364 g/mol.